The Morgan fingerprint density at radius 2 is 1.97 bits per heavy atom. The Kier molecular flexibility index (Phi) is 4.79. The number of methoxy groups -OCH3 is 1. The van der Waals surface area contributed by atoms with Gasteiger partial charge in [0.15, 0.2) is 0 Å². The zero-order valence-corrected chi connectivity index (χ0v) is 18.3. The first-order valence-corrected chi connectivity index (χ1v) is 11.1. The number of rotatable bonds is 3. The summed E-state index contributed by atoms with van der Waals surface area (Å²) in [6.45, 7) is 4.52. The molecule has 2 aromatic rings. The summed E-state index contributed by atoms with van der Waals surface area (Å²) in [6.07, 6.45) is 5.09. The first-order chi connectivity index (χ1) is 14.9. The average Bonchev–Trinajstić information content (AvgIpc) is 3.29. The van der Waals surface area contributed by atoms with Crippen LogP contribution < -0.4 is 4.74 Å². The highest BCUT2D eigenvalue weighted by atomic mass is 16.5. The van der Waals surface area contributed by atoms with Crippen molar-refractivity contribution in [2.75, 3.05) is 13.7 Å². The van der Waals surface area contributed by atoms with Gasteiger partial charge in [-0.05, 0) is 31.4 Å². The van der Waals surface area contributed by atoms with Gasteiger partial charge in [0.1, 0.15) is 11.4 Å². The fourth-order valence-corrected chi connectivity index (χ4v) is 6.24. The predicted octanol–water partition coefficient (Wildman–Crippen LogP) is 3.74. The van der Waals surface area contributed by atoms with Crippen LogP contribution >= 0.6 is 0 Å². The van der Waals surface area contributed by atoms with Crippen molar-refractivity contribution in [1.82, 2.24) is 15.0 Å². The molecule has 7 nitrogen and oxygen atoms in total. The topological polar surface area (TPSA) is 75.9 Å². The molecule has 31 heavy (non-hydrogen) atoms. The van der Waals surface area contributed by atoms with Crippen LogP contribution in [0.4, 0.5) is 0 Å². The number of carbonyl (C=O) groups excluding carboxylic acids is 2. The molecule has 0 unspecified atom stereocenters. The molecule has 3 aliphatic rings. The van der Waals surface area contributed by atoms with E-state index < -0.39 is 0 Å². The van der Waals surface area contributed by atoms with Crippen LogP contribution in [0.1, 0.15) is 56.5 Å². The third-order valence-electron chi connectivity index (χ3n) is 7.64. The molecule has 0 radical (unpaired) electrons. The molecule has 3 heterocycles. The molecule has 4 atom stereocenters. The second-order valence-corrected chi connectivity index (χ2v) is 9.37. The summed E-state index contributed by atoms with van der Waals surface area (Å²) < 4.78 is 10.8. The molecule has 0 N–H and O–H groups in total. The highest BCUT2D eigenvalue weighted by Gasteiger charge is 2.60. The first-order valence-electron chi connectivity index (χ1n) is 11.1. The van der Waals surface area contributed by atoms with Crippen LogP contribution in [0.25, 0.3) is 11.3 Å². The average molecular weight is 424 g/mol. The molecule has 3 fully saturated rings. The Labute approximate surface area is 182 Å². The molecular weight excluding hydrogens is 394 g/mol. The van der Waals surface area contributed by atoms with Crippen LogP contribution in [0, 0.1) is 5.41 Å². The van der Waals surface area contributed by atoms with E-state index in [-0.39, 0.29) is 41.1 Å². The minimum Gasteiger partial charge on any atom is -0.497 e. The van der Waals surface area contributed by atoms with Gasteiger partial charge in [0.25, 0.3) is 5.91 Å². The van der Waals surface area contributed by atoms with Crippen molar-refractivity contribution in [2.45, 2.75) is 64.1 Å². The lowest BCUT2D eigenvalue weighted by Crippen LogP contribution is -2.55. The van der Waals surface area contributed by atoms with Gasteiger partial charge < -0.3 is 19.1 Å². The fraction of sp³-hybridized carbons (Fsp3) is 0.542. The summed E-state index contributed by atoms with van der Waals surface area (Å²) in [5.41, 5.74) is 1.38. The Bertz CT molecular complexity index is 1020. The number of likely N-dealkylation sites (tertiary alicyclic amines) is 2. The van der Waals surface area contributed by atoms with E-state index in [2.05, 4.69) is 12.1 Å². The smallest absolute Gasteiger partial charge is 0.293 e. The van der Waals surface area contributed by atoms with E-state index in [4.69, 9.17) is 9.26 Å². The van der Waals surface area contributed by atoms with Crippen molar-refractivity contribution in [1.29, 1.82) is 0 Å². The lowest BCUT2D eigenvalue weighted by atomic mass is 9.71. The summed E-state index contributed by atoms with van der Waals surface area (Å²) in [7, 11) is 1.62. The maximum absolute atomic E-state index is 13.7. The van der Waals surface area contributed by atoms with E-state index in [0.29, 0.717) is 12.2 Å². The van der Waals surface area contributed by atoms with E-state index in [1.165, 1.54) is 0 Å². The number of benzene rings is 1. The fourth-order valence-electron chi connectivity index (χ4n) is 6.24. The van der Waals surface area contributed by atoms with E-state index >= 15 is 0 Å². The number of fused-ring (bicyclic) bond motifs is 1. The molecule has 7 heteroatoms. The van der Waals surface area contributed by atoms with Gasteiger partial charge in [0, 0.05) is 42.6 Å². The second-order valence-electron chi connectivity index (χ2n) is 9.37. The van der Waals surface area contributed by atoms with Crippen molar-refractivity contribution in [3.8, 4) is 17.0 Å². The van der Waals surface area contributed by atoms with E-state index in [1.807, 2.05) is 34.1 Å². The highest BCUT2D eigenvalue weighted by molar-refractivity contribution is 5.93. The maximum atomic E-state index is 13.7. The van der Waals surface area contributed by atoms with Crippen LogP contribution in [0.15, 0.2) is 34.9 Å². The van der Waals surface area contributed by atoms with Crippen LogP contribution in [0.5, 0.6) is 5.75 Å². The van der Waals surface area contributed by atoms with Crippen molar-refractivity contribution < 1.29 is 18.8 Å². The maximum Gasteiger partial charge on any atom is 0.293 e. The zero-order valence-electron chi connectivity index (χ0n) is 18.3. The Morgan fingerprint density at radius 1 is 1.19 bits per heavy atom. The van der Waals surface area contributed by atoms with Gasteiger partial charge in [0.2, 0.25) is 11.7 Å². The van der Waals surface area contributed by atoms with Crippen LogP contribution in [-0.2, 0) is 4.79 Å². The minimum absolute atomic E-state index is 0.0196. The SMILES string of the molecule is COc1cccc(-c2cc(C(=O)N3[C@@H]4CN(C(C)=O)[C@@H]5CCCC[C@H]3[C@]5(C)C4)on2)c1. The summed E-state index contributed by atoms with van der Waals surface area (Å²) >= 11 is 0. The predicted molar refractivity (Wildman–Crippen MR) is 115 cm³/mol. The molecule has 2 amide bonds. The molecule has 0 spiro atoms. The molecular formula is C24H29N3O4. The van der Waals surface area contributed by atoms with Crippen LogP contribution in [0.3, 0.4) is 0 Å². The highest BCUT2D eigenvalue weighted by Crippen LogP contribution is 2.53. The number of piperidine rings is 1. The lowest BCUT2D eigenvalue weighted by molar-refractivity contribution is -0.136. The summed E-state index contributed by atoms with van der Waals surface area (Å²) in [6, 6.07) is 9.60. The van der Waals surface area contributed by atoms with Crippen molar-refractivity contribution in [3.63, 3.8) is 0 Å². The Hall–Kier alpha value is -2.83. The van der Waals surface area contributed by atoms with E-state index in [9.17, 15) is 9.59 Å². The Morgan fingerprint density at radius 3 is 2.71 bits per heavy atom. The third kappa shape index (κ3) is 3.13. The van der Waals surface area contributed by atoms with Crippen LogP contribution in [0.2, 0.25) is 0 Å². The molecule has 164 valence electrons. The first kappa shape index (κ1) is 20.1. The molecule has 2 bridgehead atoms. The van der Waals surface area contributed by atoms with Crippen molar-refractivity contribution >= 4 is 11.8 Å². The molecule has 2 saturated heterocycles. The van der Waals surface area contributed by atoms with Crippen molar-refractivity contribution in [2.24, 2.45) is 5.41 Å². The van der Waals surface area contributed by atoms with Crippen molar-refractivity contribution in [3.05, 3.63) is 36.1 Å². The van der Waals surface area contributed by atoms with E-state index in [1.54, 1.807) is 20.1 Å². The molecule has 2 aliphatic heterocycles. The number of ether oxygens (including phenoxy) is 1. The second kappa shape index (κ2) is 7.39. The Balaban J connectivity index is 1.47. The number of hydrogen-bond acceptors (Lipinski definition) is 5. The minimum atomic E-state index is -0.119. The normalized spacial score (nSPS) is 29.6. The van der Waals surface area contributed by atoms with E-state index in [0.717, 1.165) is 43.4 Å². The quantitative estimate of drug-likeness (QED) is 0.752. The molecule has 1 aliphatic carbocycles. The molecule has 1 aromatic heterocycles. The summed E-state index contributed by atoms with van der Waals surface area (Å²) in [4.78, 5) is 30.1. The van der Waals surface area contributed by atoms with Gasteiger partial charge in [-0.1, -0.05) is 37.1 Å². The lowest BCUT2D eigenvalue weighted by Gasteiger charge is -2.46. The van der Waals surface area contributed by atoms with Gasteiger partial charge in [0.05, 0.1) is 13.2 Å². The molecule has 5 rings (SSSR count). The van der Waals surface area contributed by atoms with Gasteiger partial charge >= 0.3 is 0 Å². The number of aromatic nitrogens is 1. The summed E-state index contributed by atoms with van der Waals surface area (Å²) in [5, 5.41) is 4.16. The van der Waals surface area contributed by atoms with Gasteiger partial charge in [-0.15, -0.1) is 0 Å². The van der Waals surface area contributed by atoms with Gasteiger partial charge in [-0.3, -0.25) is 9.59 Å². The number of hydrogen-bond donors (Lipinski definition) is 0. The molecule has 1 saturated carbocycles. The zero-order chi connectivity index (χ0) is 21.8. The number of carbonyl (C=O) groups is 2. The number of amides is 2. The largest absolute Gasteiger partial charge is 0.497 e. The standard InChI is InChI=1S/C24H29N3O4/c1-15(28)26-14-17-13-24(2)21(26)9-4-5-10-22(24)27(17)23(29)20-12-19(25-31-20)16-7-6-8-18(11-16)30-3/h6-8,11-12,17,21-22H,4-5,9-10,13-14H2,1-3H3/t17-,21+,22-,24+/m0/s1. The van der Waals surface area contributed by atoms with Gasteiger partial charge in [-0.2, -0.15) is 0 Å². The van der Waals surface area contributed by atoms with Crippen LogP contribution in [-0.4, -0.2) is 58.6 Å². The van der Waals surface area contributed by atoms with Gasteiger partial charge in [-0.25, -0.2) is 0 Å². The monoisotopic (exact) mass is 423 g/mol. The summed E-state index contributed by atoms with van der Waals surface area (Å²) in [5.74, 6) is 0.967. The third-order valence-corrected chi connectivity index (χ3v) is 7.64. The number of nitrogens with zero attached hydrogens (tertiary/aromatic N) is 3. The molecule has 1 aromatic carbocycles.